The first-order valence-electron chi connectivity index (χ1n) is 9.03. The van der Waals surface area contributed by atoms with Crippen LogP contribution in [0.4, 0.5) is 15.8 Å². The second-order valence-electron chi connectivity index (χ2n) is 6.55. The SMILES string of the molecule is COCc1ccc(NC(=O)c2ccc(C)c(NC(=O)c3ccccc3F)c2)cc1. The maximum atomic E-state index is 13.8. The van der Waals surface area contributed by atoms with Crippen molar-refractivity contribution in [1.82, 2.24) is 0 Å². The Kier molecular flexibility index (Phi) is 6.36. The first kappa shape index (κ1) is 20.2. The molecule has 0 unspecified atom stereocenters. The van der Waals surface area contributed by atoms with E-state index in [4.69, 9.17) is 4.74 Å². The molecule has 5 nitrogen and oxygen atoms in total. The van der Waals surface area contributed by atoms with Gasteiger partial charge in [0.2, 0.25) is 0 Å². The minimum atomic E-state index is -0.603. The molecule has 0 aliphatic carbocycles. The van der Waals surface area contributed by atoms with Crippen molar-refractivity contribution in [3.05, 3.63) is 94.8 Å². The largest absolute Gasteiger partial charge is 0.380 e. The van der Waals surface area contributed by atoms with Crippen LogP contribution < -0.4 is 10.6 Å². The van der Waals surface area contributed by atoms with Gasteiger partial charge >= 0.3 is 0 Å². The van der Waals surface area contributed by atoms with E-state index in [0.717, 1.165) is 11.1 Å². The second kappa shape index (κ2) is 9.12. The van der Waals surface area contributed by atoms with Crippen LogP contribution in [-0.4, -0.2) is 18.9 Å². The monoisotopic (exact) mass is 392 g/mol. The fourth-order valence-corrected chi connectivity index (χ4v) is 2.79. The smallest absolute Gasteiger partial charge is 0.258 e. The Morgan fingerprint density at radius 1 is 0.931 bits per heavy atom. The van der Waals surface area contributed by atoms with Gasteiger partial charge in [0.25, 0.3) is 11.8 Å². The molecule has 0 aliphatic rings. The van der Waals surface area contributed by atoms with Crippen LogP contribution in [0.25, 0.3) is 0 Å². The molecule has 0 spiro atoms. The van der Waals surface area contributed by atoms with Crippen molar-refractivity contribution >= 4 is 23.2 Å². The van der Waals surface area contributed by atoms with E-state index in [1.54, 1.807) is 50.4 Å². The molecule has 0 aromatic heterocycles. The molecule has 0 saturated carbocycles. The molecular weight excluding hydrogens is 371 g/mol. The molecular formula is C23H21FN2O3. The molecule has 3 rings (SSSR count). The molecule has 3 aromatic carbocycles. The van der Waals surface area contributed by atoms with Crippen molar-refractivity contribution in [3.63, 3.8) is 0 Å². The maximum Gasteiger partial charge on any atom is 0.258 e. The highest BCUT2D eigenvalue weighted by molar-refractivity contribution is 6.07. The van der Waals surface area contributed by atoms with E-state index in [1.807, 2.05) is 12.1 Å². The van der Waals surface area contributed by atoms with E-state index in [9.17, 15) is 14.0 Å². The Morgan fingerprint density at radius 3 is 2.34 bits per heavy atom. The normalized spacial score (nSPS) is 10.4. The third kappa shape index (κ3) is 5.06. The average molecular weight is 392 g/mol. The number of anilines is 2. The molecule has 0 saturated heterocycles. The van der Waals surface area contributed by atoms with Crippen molar-refractivity contribution in [2.75, 3.05) is 17.7 Å². The summed E-state index contributed by atoms with van der Waals surface area (Å²) >= 11 is 0. The van der Waals surface area contributed by atoms with Gasteiger partial charge in [-0.1, -0.05) is 30.3 Å². The molecule has 0 bridgehead atoms. The summed E-state index contributed by atoms with van der Waals surface area (Å²) in [5.41, 5.74) is 3.17. The summed E-state index contributed by atoms with van der Waals surface area (Å²) in [6.45, 7) is 2.30. The van der Waals surface area contributed by atoms with Crippen LogP contribution in [0.5, 0.6) is 0 Å². The molecule has 0 fully saturated rings. The van der Waals surface area contributed by atoms with Gasteiger partial charge in [-0.3, -0.25) is 9.59 Å². The highest BCUT2D eigenvalue weighted by Crippen LogP contribution is 2.20. The van der Waals surface area contributed by atoms with Gasteiger partial charge in [0.05, 0.1) is 12.2 Å². The number of aryl methyl sites for hydroxylation is 1. The lowest BCUT2D eigenvalue weighted by Crippen LogP contribution is -2.16. The van der Waals surface area contributed by atoms with E-state index in [0.29, 0.717) is 23.5 Å². The number of hydrogen-bond acceptors (Lipinski definition) is 3. The Hall–Kier alpha value is -3.51. The molecule has 0 heterocycles. The number of methoxy groups -OCH3 is 1. The minimum Gasteiger partial charge on any atom is -0.380 e. The zero-order valence-electron chi connectivity index (χ0n) is 16.2. The van der Waals surface area contributed by atoms with Gasteiger partial charge in [0.1, 0.15) is 5.82 Å². The number of amides is 2. The number of ether oxygens (including phenoxy) is 1. The van der Waals surface area contributed by atoms with Crippen LogP contribution >= 0.6 is 0 Å². The standard InChI is InChI=1S/C23H21FN2O3/c1-15-7-10-17(22(27)25-18-11-8-16(9-12-18)14-29-2)13-21(15)26-23(28)19-5-3-4-6-20(19)24/h3-13H,14H2,1-2H3,(H,25,27)(H,26,28). The molecule has 0 aliphatic heterocycles. The number of rotatable bonds is 6. The lowest BCUT2D eigenvalue weighted by molar-refractivity contribution is 0.101. The van der Waals surface area contributed by atoms with Crippen molar-refractivity contribution in [2.45, 2.75) is 13.5 Å². The average Bonchev–Trinajstić information content (AvgIpc) is 2.71. The Morgan fingerprint density at radius 2 is 1.66 bits per heavy atom. The van der Waals surface area contributed by atoms with Crippen molar-refractivity contribution in [2.24, 2.45) is 0 Å². The molecule has 6 heteroatoms. The Balaban J connectivity index is 1.75. The van der Waals surface area contributed by atoms with E-state index in [2.05, 4.69) is 10.6 Å². The highest BCUT2D eigenvalue weighted by atomic mass is 19.1. The van der Waals surface area contributed by atoms with Gasteiger partial charge in [-0.25, -0.2) is 4.39 Å². The topological polar surface area (TPSA) is 67.4 Å². The first-order chi connectivity index (χ1) is 14.0. The van der Waals surface area contributed by atoms with Crippen molar-refractivity contribution < 1.29 is 18.7 Å². The van der Waals surface area contributed by atoms with Crippen LogP contribution in [0, 0.1) is 12.7 Å². The minimum absolute atomic E-state index is 0.0575. The number of benzene rings is 3. The number of carbonyl (C=O) groups excluding carboxylic acids is 2. The quantitative estimate of drug-likeness (QED) is 0.634. The third-order valence-electron chi connectivity index (χ3n) is 4.39. The van der Waals surface area contributed by atoms with Gasteiger partial charge in [0, 0.05) is 24.0 Å². The van der Waals surface area contributed by atoms with E-state index >= 15 is 0 Å². The maximum absolute atomic E-state index is 13.8. The zero-order valence-corrected chi connectivity index (χ0v) is 16.2. The lowest BCUT2D eigenvalue weighted by atomic mass is 10.1. The van der Waals surface area contributed by atoms with Crippen molar-refractivity contribution in [3.8, 4) is 0 Å². The molecule has 0 radical (unpaired) electrons. The second-order valence-corrected chi connectivity index (χ2v) is 6.55. The van der Waals surface area contributed by atoms with E-state index < -0.39 is 11.7 Å². The van der Waals surface area contributed by atoms with Gasteiger partial charge in [-0.05, 0) is 54.4 Å². The van der Waals surface area contributed by atoms with Gasteiger partial charge in [0.15, 0.2) is 0 Å². The summed E-state index contributed by atoms with van der Waals surface area (Å²) in [5, 5.41) is 5.49. The zero-order chi connectivity index (χ0) is 20.8. The summed E-state index contributed by atoms with van der Waals surface area (Å²) in [7, 11) is 1.62. The van der Waals surface area contributed by atoms with Crippen LogP contribution in [0.15, 0.2) is 66.7 Å². The molecule has 3 aromatic rings. The predicted molar refractivity (Wildman–Crippen MR) is 111 cm³/mol. The van der Waals surface area contributed by atoms with Gasteiger partial charge < -0.3 is 15.4 Å². The van der Waals surface area contributed by atoms with Crippen LogP contribution in [0.1, 0.15) is 31.8 Å². The number of hydrogen-bond donors (Lipinski definition) is 2. The molecule has 29 heavy (non-hydrogen) atoms. The molecule has 148 valence electrons. The Bertz CT molecular complexity index is 1030. The summed E-state index contributed by atoms with van der Waals surface area (Å²) in [6.07, 6.45) is 0. The summed E-state index contributed by atoms with van der Waals surface area (Å²) < 4.78 is 18.9. The summed E-state index contributed by atoms with van der Waals surface area (Å²) in [5.74, 6) is -1.49. The van der Waals surface area contributed by atoms with E-state index in [1.165, 1.54) is 18.2 Å². The van der Waals surface area contributed by atoms with Crippen LogP contribution in [0.2, 0.25) is 0 Å². The molecule has 2 N–H and O–H groups in total. The number of nitrogens with one attached hydrogen (secondary N) is 2. The van der Waals surface area contributed by atoms with Gasteiger partial charge in [-0.2, -0.15) is 0 Å². The Labute approximate surface area is 168 Å². The molecule has 0 atom stereocenters. The fourth-order valence-electron chi connectivity index (χ4n) is 2.79. The van der Waals surface area contributed by atoms with Crippen LogP contribution in [0.3, 0.4) is 0 Å². The molecule has 2 amide bonds. The van der Waals surface area contributed by atoms with E-state index in [-0.39, 0.29) is 11.5 Å². The van der Waals surface area contributed by atoms with Crippen molar-refractivity contribution in [1.29, 1.82) is 0 Å². The summed E-state index contributed by atoms with van der Waals surface area (Å²) in [6, 6.07) is 18.0. The third-order valence-corrected chi connectivity index (χ3v) is 4.39. The predicted octanol–water partition coefficient (Wildman–Crippen LogP) is 4.79. The lowest BCUT2D eigenvalue weighted by Gasteiger charge is -2.12. The van der Waals surface area contributed by atoms with Crippen LogP contribution in [-0.2, 0) is 11.3 Å². The van der Waals surface area contributed by atoms with Gasteiger partial charge in [-0.15, -0.1) is 0 Å². The summed E-state index contributed by atoms with van der Waals surface area (Å²) in [4.78, 5) is 25.0. The highest BCUT2D eigenvalue weighted by Gasteiger charge is 2.14. The first-order valence-corrected chi connectivity index (χ1v) is 9.03. The fraction of sp³-hybridized carbons (Fsp3) is 0.130. The number of carbonyl (C=O) groups is 2. The number of halogens is 1.